The van der Waals surface area contributed by atoms with Crippen molar-refractivity contribution in [3.05, 3.63) is 53.6 Å². The van der Waals surface area contributed by atoms with Gasteiger partial charge in [0.15, 0.2) is 11.5 Å². The SMILES string of the molecule is COCCN1CC(=O)N[C@H]2CN(C3CCN(C(C)=O)CC3)C[C@@H]2OCc2cccc(c2)Oc2cc(ccc2OC)CCC1=O. The molecule has 2 saturated heterocycles. The smallest absolute Gasteiger partial charge is 0.239 e. The molecule has 4 bridgehead atoms. The number of amides is 3. The van der Waals surface area contributed by atoms with Gasteiger partial charge in [-0.3, -0.25) is 19.3 Å². The number of ether oxygens (including phenoxy) is 4. The highest BCUT2D eigenvalue weighted by Crippen LogP contribution is 2.33. The third-order valence-corrected chi connectivity index (χ3v) is 8.77. The van der Waals surface area contributed by atoms with E-state index in [4.69, 9.17) is 18.9 Å². The summed E-state index contributed by atoms with van der Waals surface area (Å²) in [5.41, 5.74) is 1.88. The number of aryl methyl sites for hydroxylation is 1. The third kappa shape index (κ3) is 8.08. The molecule has 238 valence electrons. The quantitative estimate of drug-likeness (QED) is 0.552. The first-order valence-electron chi connectivity index (χ1n) is 15.4. The Morgan fingerprint density at radius 3 is 2.59 bits per heavy atom. The fraction of sp³-hybridized carbons (Fsp3) is 0.545. The lowest BCUT2D eigenvalue weighted by atomic mass is 10.0. The van der Waals surface area contributed by atoms with Crippen molar-refractivity contribution in [1.82, 2.24) is 20.0 Å². The van der Waals surface area contributed by atoms with Crippen LogP contribution in [0.2, 0.25) is 0 Å². The summed E-state index contributed by atoms with van der Waals surface area (Å²) in [5, 5.41) is 3.19. The Balaban J connectivity index is 1.38. The lowest BCUT2D eigenvalue weighted by Gasteiger charge is -2.36. The van der Waals surface area contributed by atoms with Crippen LogP contribution in [0.15, 0.2) is 42.5 Å². The van der Waals surface area contributed by atoms with Crippen LogP contribution >= 0.6 is 0 Å². The van der Waals surface area contributed by atoms with E-state index in [-0.39, 0.29) is 42.8 Å². The number of fused-ring (bicyclic) bond motifs is 5. The lowest BCUT2D eigenvalue weighted by Crippen LogP contribution is -2.49. The molecule has 2 aromatic rings. The van der Waals surface area contributed by atoms with E-state index in [0.717, 1.165) is 37.1 Å². The van der Waals surface area contributed by atoms with Gasteiger partial charge in [-0.1, -0.05) is 18.2 Å². The number of nitrogens with zero attached hydrogens (tertiary/aromatic N) is 3. The summed E-state index contributed by atoms with van der Waals surface area (Å²) in [6, 6.07) is 13.5. The van der Waals surface area contributed by atoms with Crippen molar-refractivity contribution in [3.63, 3.8) is 0 Å². The number of hydrogen-bond donors (Lipinski definition) is 1. The molecule has 0 radical (unpaired) electrons. The highest BCUT2D eigenvalue weighted by molar-refractivity contribution is 5.85. The number of hydrogen-bond acceptors (Lipinski definition) is 8. The molecule has 0 spiro atoms. The van der Waals surface area contributed by atoms with E-state index in [0.29, 0.717) is 62.6 Å². The molecule has 11 nitrogen and oxygen atoms in total. The summed E-state index contributed by atoms with van der Waals surface area (Å²) in [4.78, 5) is 44.4. The minimum Gasteiger partial charge on any atom is -0.493 e. The highest BCUT2D eigenvalue weighted by atomic mass is 16.5. The Labute approximate surface area is 259 Å². The van der Waals surface area contributed by atoms with Gasteiger partial charge in [-0.05, 0) is 54.7 Å². The van der Waals surface area contributed by atoms with Crippen molar-refractivity contribution in [3.8, 4) is 17.2 Å². The summed E-state index contributed by atoms with van der Waals surface area (Å²) < 4.78 is 23.5. The van der Waals surface area contributed by atoms with Crippen molar-refractivity contribution in [1.29, 1.82) is 0 Å². The van der Waals surface area contributed by atoms with Gasteiger partial charge in [0, 0.05) is 59.2 Å². The number of carbonyl (C=O) groups excluding carboxylic acids is 3. The van der Waals surface area contributed by atoms with Gasteiger partial charge in [-0.15, -0.1) is 0 Å². The normalized spacial score (nSPS) is 22.4. The molecule has 2 aromatic carbocycles. The van der Waals surface area contributed by atoms with Crippen LogP contribution in [-0.4, -0.2) is 111 Å². The Morgan fingerprint density at radius 2 is 1.84 bits per heavy atom. The molecule has 3 aliphatic rings. The maximum Gasteiger partial charge on any atom is 0.239 e. The summed E-state index contributed by atoms with van der Waals surface area (Å²) in [7, 11) is 3.18. The molecule has 3 heterocycles. The van der Waals surface area contributed by atoms with E-state index in [9.17, 15) is 14.4 Å². The summed E-state index contributed by atoms with van der Waals surface area (Å²) >= 11 is 0. The van der Waals surface area contributed by atoms with Gasteiger partial charge in [0.2, 0.25) is 17.7 Å². The fourth-order valence-corrected chi connectivity index (χ4v) is 6.27. The molecule has 3 aliphatic heterocycles. The molecule has 44 heavy (non-hydrogen) atoms. The van der Waals surface area contributed by atoms with E-state index in [1.807, 2.05) is 47.4 Å². The van der Waals surface area contributed by atoms with E-state index < -0.39 is 0 Å². The van der Waals surface area contributed by atoms with Crippen molar-refractivity contribution in [2.75, 3.05) is 60.1 Å². The molecule has 11 heteroatoms. The minimum atomic E-state index is -0.242. The van der Waals surface area contributed by atoms with E-state index in [1.165, 1.54) is 0 Å². The number of benzene rings is 2. The predicted octanol–water partition coefficient (Wildman–Crippen LogP) is 2.61. The lowest BCUT2D eigenvalue weighted by molar-refractivity contribution is -0.137. The number of nitrogens with one attached hydrogen (secondary N) is 1. The molecule has 1 N–H and O–H groups in total. The Bertz CT molecular complexity index is 1310. The van der Waals surface area contributed by atoms with Gasteiger partial charge in [0.05, 0.1) is 39.0 Å². The highest BCUT2D eigenvalue weighted by Gasteiger charge is 2.39. The third-order valence-electron chi connectivity index (χ3n) is 8.77. The molecule has 0 aromatic heterocycles. The van der Waals surface area contributed by atoms with E-state index in [1.54, 1.807) is 26.0 Å². The number of piperidine rings is 1. The number of likely N-dealkylation sites (tertiary alicyclic amines) is 2. The second-order valence-corrected chi connectivity index (χ2v) is 11.8. The van der Waals surface area contributed by atoms with Gasteiger partial charge >= 0.3 is 0 Å². The predicted molar refractivity (Wildman–Crippen MR) is 164 cm³/mol. The minimum absolute atomic E-state index is 0.0541. The number of methoxy groups -OCH3 is 2. The first kappa shape index (κ1) is 31.7. The molecule has 5 rings (SSSR count). The average molecular weight is 609 g/mol. The molecule has 2 atom stereocenters. The zero-order valence-electron chi connectivity index (χ0n) is 26.0. The topological polar surface area (TPSA) is 110 Å². The zero-order chi connectivity index (χ0) is 31.1. The molecule has 2 fully saturated rings. The van der Waals surface area contributed by atoms with Crippen LogP contribution in [-0.2, 0) is 36.9 Å². The maximum atomic E-state index is 13.4. The Kier molecular flexibility index (Phi) is 10.7. The zero-order valence-corrected chi connectivity index (χ0v) is 26.0. The fourth-order valence-electron chi connectivity index (χ4n) is 6.27. The van der Waals surface area contributed by atoms with Crippen LogP contribution in [0.3, 0.4) is 0 Å². The molecule has 0 aliphatic carbocycles. The Hall–Kier alpha value is -3.67. The second kappa shape index (κ2) is 14.9. The van der Waals surface area contributed by atoms with Gasteiger partial charge in [-0.25, -0.2) is 0 Å². The summed E-state index contributed by atoms with van der Waals surface area (Å²) in [6.45, 7) is 5.34. The van der Waals surface area contributed by atoms with Crippen LogP contribution in [0.4, 0.5) is 0 Å². The van der Waals surface area contributed by atoms with Crippen LogP contribution in [0, 0.1) is 0 Å². The molecule has 3 amide bonds. The van der Waals surface area contributed by atoms with Crippen molar-refractivity contribution in [2.24, 2.45) is 0 Å². The van der Waals surface area contributed by atoms with Crippen LogP contribution in [0.1, 0.15) is 37.3 Å². The van der Waals surface area contributed by atoms with Crippen LogP contribution < -0.4 is 14.8 Å². The largest absolute Gasteiger partial charge is 0.493 e. The number of carbonyl (C=O) groups is 3. The first-order chi connectivity index (χ1) is 21.3. The van der Waals surface area contributed by atoms with Crippen LogP contribution in [0.5, 0.6) is 17.2 Å². The Morgan fingerprint density at radius 1 is 1.02 bits per heavy atom. The van der Waals surface area contributed by atoms with Crippen molar-refractivity contribution in [2.45, 2.75) is 57.4 Å². The summed E-state index contributed by atoms with van der Waals surface area (Å²) in [6.07, 6.45) is 2.25. The van der Waals surface area contributed by atoms with E-state index in [2.05, 4.69) is 10.2 Å². The van der Waals surface area contributed by atoms with Gasteiger partial charge < -0.3 is 34.1 Å². The second-order valence-electron chi connectivity index (χ2n) is 11.8. The standard InChI is InChI=1S/C33H44N4O7/c1-23(38)35-13-11-26(12-14-35)37-19-28-31(20-37)43-22-25-5-4-6-27(17-25)44-30-18-24(7-9-29(30)42-3)8-10-33(40)36(15-16-41-2)21-32(39)34-28/h4-7,9,17-18,26,28,31H,8,10-16,19-22H2,1-3H3,(H,34,39)/t28-,31-/m0/s1. The molecular formula is C33H44N4O7. The average Bonchev–Trinajstić information content (AvgIpc) is 3.43. The van der Waals surface area contributed by atoms with Gasteiger partial charge in [-0.2, -0.15) is 0 Å². The summed E-state index contributed by atoms with van der Waals surface area (Å²) in [5.74, 6) is 1.58. The van der Waals surface area contributed by atoms with Crippen molar-refractivity contribution < 1.29 is 33.3 Å². The molecule has 0 unspecified atom stereocenters. The van der Waals surface area contributed by atoms with Crippen LogP contribution in [0.25, 0.3) is 0 Å². The monoisotopic (exact) mass is 608 g/mol. The van der Waals surface area contributed by atoms with E-state index >= 15 is 0 Å². The van der Waals surface area contributed by atoms with Crippen molar-refractivity contribution >= 4 is 17.7 Å². The molecule has 0 saturated carbocycles. The first-order valence-corrected chi connectivity index (χ1v) is 15.4. The van der Waals surface area contributed by atoms with Gasteiger partial charge in [0.1, 0.15) is 5.75 Å². The number of rotatable bonds is 5. The van der Waals surface area contributed by atoms with Gasteiger partial charge in [0.25, 0.3) is 0 Å². The maximum absolute atomic E-state index is 13.4. The molecular weight excluding hydrogens is 564 g/mol.